The average molecular weight is 340 g/mol. The number of hydrogen-bond acceptors (Lipinski definition) is 3. The molecule has 25 heavy (non-hydrogen) atoms. The van der Waals surface area contributed by atoms with Gasteiger partial charge < -0.3 is 9.47 Å². The number of hydrogen-bond donors (Lipinski definition) is 0. The van der Waals surface area contributed by atoms with Crippen LogP contribution in [0.2, 0.25) is 0 Å². The fraction of sp³-hybridized carbons (Fsp3) is 0.318. The van der Waals surface area contributed by atoms with Crippen molar-refractivity contribution in [1.29, 1.82) is 0 Å². The Morgan fingerprint density at radius 3 is 2.44 bits per heavy atom. The van der Waals surface area contributed by atoms with E-state index < -0.39 is 0 Å². The molecule has 1 aromatic rings. The lowest BCUT2D eigenvalue weighted by Gasteiger charge is -2.08. The minimum atomic E-state index is -0.310. The molecule has 0 spiro atoms. The zero-order valence-electron chi connectivity index (χ0n) is 16.1. The standard InChI is InChI=1S/C22H28O3/c1-7-25-22(23)13-17(3)10-8-9-16(2)11-12-20-14-19(5)21(24-6)15-18(20)4/h8-15H,7H2,1-6H3. The van der Waals surface area contributed by atoms with Gasteiger partial charge in [-0.05, 0) is 69.0 Å². The van der Waals surface area contributed by atoms with Crippen LogP contribution in [0.5, 0.6) is 5.75 Å². The first-order valence-corrected chi connectivity index (χ1v) is 8.40. The smallest absolute Gasteiger partial charge is 0.330 e. The van der Waals surface area contributed by atoms with Gasteiger partial charge in [-0.15, -0.1) is 0 Å². The van der Waals surface area contributed by atoms with Gasteiger partial charge in [0.25, 0.3) is 0 Å². The summed E-state index contributed by atoms with van der Waals surface area (Å²) >= 11 is 0. The number of rotatable bonds is 7. The Hall–Kier alpha value is -2.55. The zero-order chi connectivity index (χ0) is 18.8. The normalized spacial score (nSPS) is 12.9. The highest BCUT2D eigenvalue weighted by molar-refractivity contribution is 5.83. The summed E-state index contributed by atoms with van der Waals surface area (Å²) in [5.74, 6) is 0.601. The van der Waals surface area contributed by atoms with Gasteiger partial charge in [0.1, 0.15) is 5.75 Å². The predicted octanol–water partition coefficient (Wildman–Crippen LogP) is 5.34. The van der Waals surface area contributed by atoms with E-state index in [0.29, 0.717) is 6.61 Å². The molecule has 0 aliphatic heterocycles. The number of carbonyl (C=O) groups excluding carboxylic acids is 1. The van der Waals surface area contributed by atoms with Crippen molar-refractivity contribution >= 4 is 12.0 Å². The van der Waals surface area contributed by atoms with Crippen molar-refractivity contribution in [2.45, 2.75) is 34.6 Å². The van der Waals surface area contributed by atoms with E-state index in [1.165, 1.54) is 17.2 Å². The highest BCUT2D eigenvalue weighted by Crippen LogP contribution is 2.23. The topological polar surface area (TPSA) is 35.5 Å². The predicted molar refractivity (Wildman–Crippen MR) is 105 cm³/mol. The summed E-state index contributed by atoms with van der Waals surface area (Å²) in [6.45, 7) is 10.2. The molecule has 0 saturated carbocycles. The molecule has 0 aliphatic carbocycles. The summed E-state index contributed by atoms with van der Waals surface area (Å²) in [4.78, 5) is 11.3. The van der Waals surface area contributed by atoms with Gasteiger partial charge in [-0.1, -0.05) is 36.0 Å². The number of aryl methyl sites for hydroxylation is 2. The second-order valence-electron chi connectivity index (χ2n) is 5.92. The third-order valence-corrected chi connectivity index (χ3v) is 3.66. The van der Waals surface area contributed by atoms with Crippen LogP contribution in [0.25, 0.3) is 6.08 Å². The van der Waals surface area contributed by atoms with Crippen LogP contribution in [-0.4, -0.2) is 19.7 Å². The summed E-state index contributed by atoms with van der Waals surface area (Å²) in [5.41, 5.74) is 5.44. The Bertz CT molecular complexity index is 719. The third-order valence-electron chi connectivity index (χ3n) is 3.66. The highest BCUT2D eigenvalue weighted by Gasteiger charge is 2.02. The lowest BCUT2D eigenvalue weighted by atomic mass is 10.0. The van der Waals surface area contributed by atoms with E-state index in [0.717, 1.165) is 22.5 Å². The quantitative estimate of drug-likeness (QED) is 0.382. The Morgan fingerprint density at radius 2 is 1.80 bits per heavy atom. The summed E-state index contributed by atoms with van der Waals surface area (Å²) in [7, 11) is 1.69. The molecule has 0 unspecified atom stereocenters. The van der Waals surface area contributed by atoms with Crippen molar-refractivity contribution < 1.29 is 14.3 Å². The van der Waals surface area contributed by atoms with Gasteiger partial charge in [-0.25, -0.2) is 4.79 Å². The van der Waals surface area contributed by atoms with Crippen molar-refractivity contribution in [3.8, 4) is 5.75 Å². The maximum atomic E-state index is 11.3. The van der Waals surface area contributed by atoms with Crippen molar-refractivity contribution in [1.82, 2.24) is 0 Å². The molecule has 0 aliphatic rings. The van der Waals surface area contributed by atoms with Crippen LogP contribution in [0.3, 0.4) is 0 Å². The van der Waals surface area contributed by atoms with Gasteiger partial charge in [0, 0.05) is 6.08 Å². The molecule has 0 saturated heterocycles. The lowest BCUT2D eigenvalue weighted by molar-refractivity contribution is -0.137. The monoisotopic (exact) mass is 340 g/mol. The average Bonchev–Trinajstić information content (AvgIpc) is 2.55. The second kappa shape index (κ2) is 10.3. The molecule has 1 aromatic carbocycles. The van der Waals surface area contributed by atoms with Gasteiger partial charge in [-0.2, -0.15) is 0 Å². The van der Waals surface area contributed by atoms with Crippen LogP contribution in [0.1, 0.15) is 37.5 Å². The number of carbonyl (C=O) groups is 1. The van der Waals surface area contributed by atoms with Crippen LogP contribution >= 0.6 is 0 Å². The molecule has 3 heteroatoms. The van der Waals surface area contributed by atoms with E-state index in [1.807, 2.05) is 39.0 Å². The molecular formula is C22H28O3. The van der Waals surface area contributed by atoms with Gasteiger partial charge >= 0.3 is 5.97 Å². The van der Waals surface area contributed by atoms with Gasteiger partial charge in [0.15, 0.2) is 0 Å². The number of benzene rings is 1. The molecule has 0 atom stereocenters. The highest BCUT2D eigenvalue weighted by atomic mass is 16.5. The van der Waals surface area contributed by atoms with Crippen molar-refractivity contribution in [2.24, 2.45) is 0 Å². The molecule has 3 nitrogen and oxygen atoms in total. The first-order valence-electron chi connectivity index (χ1n) is 8.40. The second-order valence-corrected chi connectivity index (χ2v) is 5.92. The Kier molecular flexibility index (Phi) is 8.48. The third kappa shape index (κ3) is 7.25. The fourth-order valence-electron chi connectivity index (χ4n) is 2.26. The zero-order valence-corrected chi connectivity index (χ0v) is 16.1. The van der Waals surface area contributed by atoms with Crippen molar-refractivity contribution in [3.05, 3.63) is 70.3 Å². The lowest BCUT2D eigenvalue weighted by Crippen LogP contribution is -1.99. The van der Waals surface area contributed by atoms with Crippen LogP contribution in [0, 0.1) is 13.8 Å². The first kappa shape index (κ1) is 20.5. The molecule has 0 radical (unpaired) electrons. The summed E-state index contributed by atoms with van der Waals surface area (Å²) < 4.78 is 10.2. The van der Waals surface area contributed by atoms with Crippen LogP contribution in [-0.2, 0) is 9.53 Å². The van der Waals surface area contributed by atoms with E-state index in [2.05, 4.69) is 31.2 Å². The van der Waals surface area contributed by atoms with Crippen molar-refractivity contribution in [3.63, 3.8) is 0 Å². The Labute approximate surface area is 151 Å². The fourth-order valence-corrected chi connectivity index (χ4v) is 2.26. The minimum Gasteiger partial charge on any atom is -0.496 e. The van der Waals surface area contributed by atoms with E-state index in [9.17, 15) is 4.79 Å². The molecule has 0 aromatic heterocycles. The van der Waals surface area contributed by atoms with E-state index >= 15 is 0 Å². The van der Waals surface area contributed by atoms with E-state index in [-0.39, 0.29) is 5.97 Å². The van der Waals surface area contributed by atoms with E-state index in [1.54, 1.807) is 14.0 Å². The van der Waals surface area contributed by atoms with Crippen LogP contribution in [0.4, 0.5) is 0 Å². The number of ether oxygens (including phenoxy) is 2. The maximum Gasteiger partial charge on any atom is 0.330 e. The number of methoxy groups -OCH3 is 1. The Balaban J connectivity index is 2.78. The molecule has 0 fully saturated rings. The molecule has 0 bridgehead atoms. The number of allylic oxidation sites excluding steroid dienone is 6. The Morgan fingerprint density at radius 1 is 1.08 bits per heavy atom. The van der Waals surface area contributed by atoms with Crippen LogP contribution in [0.15, 0.2) is 53.7 Å². The summed E-state index contributed by atoms with van der Waals surface area (Å²) in [6.07, 6.45) is 11.5. The largest absolute Gasteiger partial charge is 0.496 e. The molecule has 0 N–H and O–H groups in total. The SMILES string of the molecule is CCOC(=O)C=C(C)C=CC=C(C)C=Cc1cc(C)c(OC)cc1C. The van der Waals surface area contributed by atoms with Crippen LogP contribution < -0.4 is 4.74 Å². The van der Waals surface area contributed by atoms with Gasteiger partial charge in [0.2, 0.25) is 0 Å². The maximum absolute atomic E-state index is 11.3. The number of esters is 1. The van der Waals surface area contributed by atoms with Gasteiger partial charge in [-0.3, -0.25) is 0 Å². The minimum absolute atomic E-state index is 0.310. The molecule has 1 rings (SSSR count). The first-order chi connectivity index (χ1) is 11.9. The summed E-state index contributed by atoms with van der Waals surface area (Å²) in [6, 6.07) is 4.18. The van der Waals surface area contributed by atoms with Crippen molar-refractivity contribution in [2.75, 3.05) is 13.7 Å². The van der Waals surface area contributed by atoms with E-state index in [4.69, 9.17) is 9.47 Å². The molecule has 134 valence electrons. The molecular weight excluding hydrogens is 312 g/mol. The summed E-state index contributed by atoms with van der Waals surface area (Å²) in [5, 5.41) is 0. The molecule has 0 amide bonds. The molecule has 0 heterocycles. The van der Waals surface area contributed by atoms with Gasteiger partial charge in [0.05, 0.1) is 13.7 Å².